The van der Waals surface area contributed by atoms with Crippen LogP contribution in [0.4, 0.5) is 4.79 Å². The van der Waals surface area contributed by atoms with E-state index in [0.717, 1.165) is 28.7 Å². The Labute approximate surface area is 185 Å². The van der Waals surface area contributed by atoms with Gasteiger partial charge in [0.05, 0.1) is 23.1 Å². The van der Waals surface area contributed by atoms with Crippen LogP contribution in [0, 0.1) is 12.8 Å². The number of benzene rings is 1. The summed E-state index contributed by atoms with van der Waals surface area (Å²) in [5.41, 5.74) is 1.73. The van der Waals surface area contributed by atoms with E-state index in [4.69, 9.17) is 4.74 Å². The summed E-state index contributed by atoms with van der Waals surface area (Å²) < 4.78 is 8.22. The Kier molecular flexibility index (Phi) is 6.85. The molecule has 1 N–H and O–H groups in total. The highest BCUT2D eigenvalue weighted by atomic mass is 79.9. The number of hydrogen-bond acceptors (Lipinski definition) is 4. The maximum absolute atomic E-state index is 12.7. The molecule has 0 aliphatic carbocycles. The third-order valence-electron chi connectivity index (χ3n) is 5.05. The molecule has 162 valence electrons. The molecule has 3 rings (SSSR count). The van der Waals surface area contributed by atoms with Crippen LogP contribution >= 0.6 is 15.9 Å². The summed E-state index contributed by atoms with van der Waals surface area (Å²) in [5.74, 6) is 0.0577. The van der Waals surface area contributed by atoms with Crippen LogP contribution in [0.15, 0.2) is 34.9 Å². The number of carbonyl (C=O) groups is 2. The summed E-state index contributed by atoms with van der Waals surface area (Å²) in [4.78, 5) is 26.8. The molecule has 2 heterocycles. The van der Waals surface area contributed by atoms with E-state index < -0.39 is 5.60 Å². The lowest BCUT2D eigenvalue weighted by molar-refractivity contribution is 0.0167. The smallest absolute Gasteiger partial charge is 0.410 e. The first-order valence-corrected chi connectivity index (χ1v) is 11.0. The third kappa shape index (κ3) is 5.62. The lowest BCUT2D eigenvalue weighted by Gasteiger charge is -2.34. The van der Waals surface area contributed by atoms with Gasteiger partial charge in [0.1, 0.15) is 5.60 Å². The van der Waals surface area contributed by atoms with Crippen LogP contribution in [0.25, 0.3) is 5.69 Å². The van der Waals surface area contributed by atoms with Crippen molar-refractivity contribution >= 4 is 27.9 Å². The van der Waals surface area contributed by atoms with Crippen molar-refractivity contribution in [2.75, 3.05) is 19.6 Å². The zero-order valence-electron chi connectivity index (χ0n) is 17.9. The summed E-state index contributed by atoms with van der Waals surface area (Å²) >= 11 is 3.42. The Hall–Kier alpha value is -2.35. The van der Waals surface area contributed by atoms with Crippen LogP contribution in [0.1, 0.15) is 49.7 Å². The quantitative estimate of drug-likeness (QED) is 0.712. The van der Waals surface area contributed by atoms with Crippen LogP contribution in [0.3, 0.4) is 0 Å². The zero-order valence-corrected chi connectivity index (χ0v) is 19.5. The standard InChI is InChI=1S/C22H29BrN4O3/c1-15-19(13-25-27(15)18-9-7-17(23)8-10-18)20(28)24-12-16-6-5-11-26(14-16)21(29)30-22(2,3)4/h7-10,13,16H,5-6,11-12,14H2,1-4H3,(H,24,28). The Bertz CT molecular complexity index is 902. The van der Waals surface area contributed by atoms with Gasteiger partial charge in [-0.25, -0.2) is 9.48 Å². The number of hydrogen-bond donors (Lipinski definition) is 1. The van der Waals surface area contributed by atoms with E-state index >= 15 is 0 Å². The normalized spacial score (nSPS) is 17.0. The van der Waals surface area contributed by atoms with Crippen molar-refractivity contribution in [3.8, 4) is 5.69 Å². The number of carbonyl (C=O) groups excluding carboxylic acids is 2. The molecule has 30 heavy (non-hydrogen) atoms. The first kappa shape index (κ1) is 22.3. The number of amides is 2. The molecule has 2 amide bonds. The van der Waals surface area contributed by atoms with Gasteiger partial charge in [-0.2, -0.15) is 5.10 Å². The predicted octanol–water partition coefficient (Wildman–Crippen LogP) is 4.32. The molecule has 1 aliphatic rings. The maximum Gasteiger partial charge on any atom is 0.410 e. The van der Waals surface area contributed by atoms with Gasteiger partial charge in [-0.1, -0.05) is 15.9 Å². The summed E-state index contributed by atoms with van der Waals surface area (Å²) in [7, 11) is 0. The molecule has 1 aromatic carbocycles. The Morgan fingerprint density at radius 1 is 1.27 bits per heavy atom. The Balaban J connectivity index is 1.58. The number of nitrogens with zero attached hydrogens (tertiary/aromatic N) is 3. The molecule has 1 aliphatic heterocycles. The topological polar surface area (TPSA) is 76.5 Å². The van der Waals surface area contributed by atoms with E-state index in [1.54, 1.807) is 15.8 Å². The molecule has 1 atom stereocenters. The molecular weight excluding hydrogens is 448 g/mol. The minimum atomic E-state index is -0.509. The van der Waals surface area contributed by atoms with Gasteiger partial charge in [0.15, 0.2) is 0 Å². The molecule has 7 nitrogen and oxygen atoms in total. The van der Waals surface area contributed by atoms with E-state index in [1.807, 2.05) is 52.0 Å². The molecule has 0 bridgehead atoms. The highest BCUT2D eigenvalue weighted by molar-refractivity contribution is 9.10. The average molecular weight is 477 g/mol. The first-order chi connectivity index (χ1) is 14.1. The molecule has 0 radical (unpaired) electrons. The Morgan fingerprint density at radius 3 is 2.63 bits per heavy atom. The second kappa shape index (κ2) is 9.20. The summed E-state index contributed by atoms with van der Waals surface area (Å²) in [5, 5.41) is 7.38. The maximum atomic E-state index is 12.7. The van der Waals surface area contributed by atoms with Crippen molar-refractivity contribution in [2.24, 2.45) is 5.92 Å². The lowest BCUT2D eigenvalue weighted by Crippen LogP contribution is -2.45. The fraction of sp³-hybridized carbons (Fsp3) is 0.500. The number of piperidine rings is 1. The van der Waals surface area contributed by atoms with Crippen LogP contribution in [0.5, 0.6) is 0 Å². The van der Waals surface area contributed by atoms with Crippen LogP contribution in [-0.4, -0.2) is 51.9 Å². The molecule has 0 spiro atoms. The largest absolute Gasteiger partial charge is 0.444 e. The van der Waals surface area contributed by atoms with Gasteiger partial charge >= 0.3 is 6.09 Å². The van der Waals surface area contributed by atoms with E-state index in [2.05, 4.69) is 26.3 Å². The van der Waals surface area contributed by atoms with Gasteiger partial charge in [0.25, 0.3) is 5.91 Å². The van der Waals surface area contributed by atoms with Crippen LogP contribution < -0.4 is 5.32 Å². The van der Waals surface area contributed by atoms with Crippen LogP contribution in [-0.2, 0) is 4.74 Å². The van der Waals surface area contributed by atoms with Crippen molar-refractivity contribution < 1.29 is 14.3 Å². The zero-order chi connectivity index (χ0) is 21.9. The first-order valence-electron chi connectivity index (χ1n) is 10.2. The number of likely N-dealkylation sites (tertiary alicyclic amines) is 1. The summed E-state index contributed by atoms with van der Waals surface area (Å²) in [6, 6.07) is 7.77. The Morgan fingerprint density at radius 2 is 1.97 bits per heavy atom. The van der Waals surface area contributed by atoms with Gasteiger partial charge in [0.2, 0.25) is 0 Å². The third-order valence-corrected chi connectivity index (χ3v) is 5.58. The van der Waals surface area contributed by atoms with Crippen LogP contribution in [0.2, 0.25) is 0 Å². The molecule has 1 unspecified atom stereocenters. The van der Waals surface area contributed by atoms with Gasteiger partial charge in [0, 0.05) is 24.1 Å². The van der Waals surface area contributed by atoms with E-state index in [9.17, 15) is 9.59 Å². The SMILES string of the molecule is Cc1c(C(=O)NCC2CCCN(C(=O)OC(C)(C)C)C2)cnn1-c1ccc(Br)cc1. The number of nitrogens with one attached hydrogen (secondary N) is 1. The lowest BCUT2D eigenvalue weighted by atomic mass is 9.98. The van der Waals surface area contributed by atoms with E-state index in [0.29, 0.717) is 25.2 Å². The van der Waals surface area contributed by atoms with E-state index in [-0.39, 0.29) is 17.9 Å². The molecule has 2 aromatic rings. The van der Waals surface area contributed by atoms with Crippen molar-refractivity contribution in [3.05, 3.63) is 46.2 Å². The van der Waals surface area contributed by atoms with Crippen molar-refractivity contribution in [3.63, 3.8) is 0 Å². The molecule has 1 aromatic heterocycles. The summed E-state index contributed by atoms with van der Waals surface area (Å²) in [6.07, 6.45) is 3.18. The number of rotatable bonds is 4. The highest BCUT2D eigenvalue weighted by Gasteiger charge is 2.28. The monoisotopic (exact) mass is 476 g/mol. The molecular formula is C22H29BrN4O3. The number of halogens is 1. The van der Waals surface area contributed by atoms with E-state index in [1.165, 1.54) is 0 Å². The number of aromatic nitrogens is 2. The van der Waals surface area contributed by atoms with Gasteiger partial charge in [-0.3, -0.25) is 4.79 Å². The minimum absolute atomic E-state index is 0.148. The predicted molar refractivity (Wildman–Crippen MR) is 119 cm³/mol. The second-order valence-corrected chi connectivity index (χ2v) is 9.59. The molecule has 0 saturated carbocycles. The molecule has 1 fully saturated rings. The fourth-order valence-electron chi connectivity index (χ4n) is 3.53. The highest BCUT2D eigenvalue weighted by Crippen LogP contribution is 2.20. The minimum Gasteiger partial charge on any atom is -0.444 e. The summed E-state index contributed by atoms with van der Waals surface area (Å²) in [6.45, 7) is 9.27. The fourth-order valence-corrected chi connectivity index (χ4v) is 3.80. The molecule has 1 saturated heterocycles. The van der Waals surface area contributed by atoms with Crippen molar-refractivity contribution in [2.45, 2.75) is 46.1 Å². The van der Waals surface area contributed by atoms with Gasteiger partial charge < -0.3 is 15.0 Å². The average Bonchev–Trinajstić information content (AvgIpc) is 3.07. The van der Waals surface area contributed by atoms with Crippen molar-refractivity contribution in [1.29, 1.82) is 0 Å². The second-order valence-electron chi connectivity index (χ2n) is 8.68. The molecule has 8 heteroatoms. The van der Waals surface area contributed by atoms with Crippen molar-refractivity contribution in [1.82, 2.24) is 20.0 Å². The van der Waals surface area contributed by atoms with Gasteiger partial charge in [-0.05, 0) is 70.7 Å². The number of ether oxygens (including phenoxy) is 1. The van der Waals surface area contributed by atoms with Gasteiger partial charge in [-0.15, -0.1) is 0 Å².